The third kappa shape index (κ3) is 2.76. The number of likely N-dealkylation sites (tertiary alicyclic amines) is 1. The number of Topliss-reactive ketones (excluding diaryl/α,β-unsaturated/α-hetero) is 1. The Labute approximate surface area is 107 Å². The molecule has 0 saturated carbocycles. The van der Waals surface area contributed by atoms with E-state index in [1.54, 1.807) is 12.1 Å². The van der Waals surface area contributed by atoms with E-state index < -0.39 is 6.23 Å². The number of benzene rings is 1. The van der Waals surface area contributed by atoms with Crippen LogP contribution in [0, 0.1) is 6.92 Å². The van der Waals surface area contributed by atoms with E-state index in [-0.39, 0.29) is 18.2 Å². The molecule has 1 heterocycles. The second-order valence-corrected chi connectivity index (χ2v) is 4.65. The maximum Gasteiger partial charge on any atom is 0.339 e. The zero-order valence-electron chi connectivity index (χ0n) is 10.7. The maximum atomic E-state index is 12.0. The van der Waals surface area contributed by atoms with Crippen molar-refractivity contribution in [1.29, 1.82) is 0 Å². The quantitative estimate of drug-likeness (QED) is 0.747. The van der Waals surface area contributed by atoms with Crippen LogP contribution in [0.3, 0.4) is 0 Å². The van der Waals surface area contributed by atoms with E-state index in [0.717, 1.165) is 5.56 Å². The van der Waals surface area contributed by atoms with Crippen molar-refractivity contribution in [3.05, 3.63) is 35.4 Å². The van der Waals surface area contributed by atoms with Gasteiger partial charge in [0.2, 0.25) is 0 Å². The van der Waals surface area contributed by atoms with Gasteiger partial charge in [0.05, 0.1) is 12.0 Å². The Morgan fingerprint density at radius 2 is 2.11 bits per heavy atom. The number of carbonyl (C=O) groups is 2. The smallest absolute Gasteiger partial charge is 0.339 e. The average Bonchev–Trinajstić information content (AvgIpc) is 2.34. The second kappa shape index (κ2) is 5.31. The van der Waals surface area contributed by atoms with E-state index in [4.69, 9.17) is 4.74 Å². The van der Waals surface area contributed by atoms with Crippen LogP contribution in [0.5, 0.6) is 0 Å². The van der Waals surface area contributed by atoms with Crippen LogP contribution in [-0.2, 0) is 9.53 Å². The van der Waals surface area contributed by atoms with Gasteiger partial charge in [0.15, 0.2) is 6.23 Å². The van der Waals surface area contributed by atoms with E-state index in [1.165, 1.54) is 0 Å². The number of hydrogen-bond acceptors (Lipinski definition) is 4. The molecule has 1 aliphatic rings. The van der Waals surface area contributed by atoms with Gasteiger partial charge in [0.1, 0.15) is 5.78 Å². The Morgan fingerprint density at radius 1 is 1.39 bits per heavy atom. The third-order valence-electron chi connectivity index (χ3n) is 3.25. The molecule has 1 atom stereocenters. The highest BCUT2D eigenvalue weighted by Crippen LogP contribution is 2.16. The van der Waals surface area contributed by atoms with Crippen molar-refractivity contribution in [2.45, 2.75) is 26.0 Å². The molecule has 4 nitrogen and oxygen atoms in total. The van der Waals surface area contributed by atoms with Crippen LogP contribution in [0.2, 0.25) is 0 Å². The maximum absolute atomic E-state index is 12.0. The number of carbonyl (C=O) groups excluding carboxylic acids is 2. The molecule has 4 heteroatoms. The van der Waals surface area contributed by atoms with Crippen LogP contribution in [0.4, 0.5) is 0 Å². The zero-order chi connectivity index (χ0) is 13.1. The number of piperidine rings is 1. The molecule has 18 heavy (non-hydrogen) atoms. The normalized spacial score (nSPS) is 20.8. The summed E-state index contributed by atoms with van der Waals surface area (Å²) in [6.45, 7) is 2.51. The van der Waals surface area contributed by atoms with Crippen molar-refractivity contribution in [2.24, 2.45) is 0 Å². The molecule has 0 spiro atoms. The summed E-state index contributed by atoms with van der Waals surface area (Å²) in [6, 6.07) is 7.29. The number of aryl methyl sites for hydroxylation is 1. The fourth-order valence-corrected chi connectivity index (χ4v) is 2.02. The molecule has 0 bridgehead atoms. The minimum absolute atomic E-state index is 0.149. The summed E-state index contributed by atoms with van der Waals surface area (Å²) < 4.78 is 5.41. The Morgan fingerprint density at radius 3 is 2.83 bits per heavy atom. The van der Waals surface area contributed by atoms with Gasteiger partial charge in [-0.15, -0.1) is 0 Å². The first kappa shape index (κ1) is 12.8. The van der Waals surface area contributed by atoms with Gasteiger partial charge in [0, 0.05) is 13.0 Å². The summed E-state index contributed by atoms with van der Waals surface area (Å²) in [5, 5.41) is 0. The van der Waals surface area contributed by atoms with Gasteiger partial charge in [0.25, 0.3) is 0 Å². The Kier molecular flexibility index (Phi) is 3.77. The summed E-state index contributed by atoms with van der Waals surface area (Å²) in [6.07, 6.45) is 0.390. The van der Waals surface area contributed by atoms with Crippen LogP contribution in [0.15, 0.2) is 24.3 Å². The number of esters is 1. The molecular formula is C14H17NO3. The fourth-order valence-electron chi connectivity index (χ4n) is 2.02. The number of hydrogen-bond donors (Lipinski definition) is 0. The Bertz CT molecular complexity index is 470. The summed E-state index contributed by atoms with van der Waals surface area (Å²) in [5.41, 5.74) is 1.44. The molecule has 0 amide bonds. The lowest BCUT2D eigenvalue weighted by atomic mass is 10.1. The third-order valence-corrected chi connectivity index (χ3v) is 3.25. The van der Waals surface area contributed by atoms with Gasteiger partial charge in [-0.1, -0.05) is 18.2 Å². The Hall–Kier alpha value is -1.68. The molecule has 2 rings (SSSR count). The molecule has 0 radical (unpaired) electrons. The SMILES string of the molecule is Cc1ccccc1C(=O)OC1CC(=O)CCN1C. The van der Waals surface area contributed by atoms with E-state index in [1.807, 2.05) is 31.0 Å². The lowest BCUT2D eigenvalue weighted by Crippen LogP contribution is -2.42. The fraction of sp³-hybridized carbons (Fsp3) is 0.429. The van der Waals surface area contributed by atoms with Crippen LogP contribution >= 0.6 is 0 Å². The Balaban J connectivity index is 2.07. The van der Waals surface area contributed by atoms with Crippen molar-refractivity contribution in [3.63, 3.8) is 0 Å². The van der Waals surface area contributed by atoms with Crippen LogP contribution in [-0.4, -0.2) is 36.5 Å². The highest BCUT2D eigenvalue weighted by atomic mass is 16.6. The molecule has 0 aromatic heterocycles. The summed E-state index contributed by atoms with van der Waals surface area (Å²) in [4.78, 5) is 25.3. The first-order valence-corrected chi connectivity index (χ1v) is 6.06. The lowest BCUT2D eigenvalue weighted by Gasteiger charge is -2.31. The van der Waals surface area contributed by atoms with E-state index in [0.29, 0.717) is 18.5 Å². The molecule has 1 unspecified atom stereocenters. The summed E-state index contributed by atoms with van der Waals surface area (Å²) in [5.74, 6) is -0.213. The highest BCUT2D eigenvalue weighted by Gasteiger charge is 2.27. The van der Waals surface area contributed by atoms with E-state index in [2.05, 4.69) is 0 Å². The van der Waals surface area contributed by atoms with E-state index >= 15 is 0 Å². The average molecular weight is 247 g/mol. The zero-order valence-corrected chi connectivity index (χ0v) is 10.7. The second-order valence-electron chi connectivity index (χ2n) is 4.65. The number of nitrogens with zero attached hydrogens (tertiary/aromatic N) is 1. The van der Waals surface area contributed by atoms with Crippen molar-refractivity contribution >= 4 is 11.8 Å². The molecule has 1 aromatic rings. The van der Waals surface area contributed by atoms with Gasteiger partial charge in [-0.2, -0.15) is 0 Å². The van der Waals surface area contributed by atoms with Gasteiger partial charge < -0.3 is 4.74 Å². The first-order chi connectivity index (χ1) is 8.58. The highest BCUT2D eigenvalue weighted by molar-refractivity contribution is 5.91. The first-order valence-electron chi connectivity index (χ1n) is 6.06. The van der Waals surface area contributed by atoms with Gasteiger partial charge in [-0.3, -0.25) is 9.69 Å². The molecule has 96 valence electrons. The molecule has 0 N–H and O–H groups in total. The van der Waals surface area contributed by atoms with Crippen molar-refractivity contribution in [2.75, 3.05) is 13.6 Å². The van der Waals surface area contributed by atoms with Gasteiger partial charge >= 0.3 is 5.97 Å². The summed E-state index contributed by atoms with van der Waals surface area (Å²) >= 11 is 0. The largest absolute Gasteiger partial charge is 0.442 e. The topological polar surface area (TPSA) is 46.6 Å². The standard InChI is InChI=1S/C14H17NO3/c1-10-5-3-4-6-12(10)14(17)18-13-9-11(16)7-8-15(13)2/h3-6,13H,7-9H2,1-2H3. The molecule has 1 aromatic carbocycles. The predicted octanol–water partition coefficient (Wildman–Crippen LogP) is 1.77. The van der Waals surface area contributed by atoms with Crippen molar-refractivity contribution in [1.82, 2.24) is 4.90 Å². The minimum Gasteiger partial charge on any atom is -0.442 e. The minimum atomic E-state index is -0.432. The number of rotatable bonds is 2. The molecular weight excluding hydrogens is 230 g/mol. The number of ketones is 1. The van der Waals surface area contributed by atoms with Crippen molar-refractivity contribution in [3.8, 4) is 0 Å². The van der Waals surface area contributed by atoms with Crippen molar-refractivity contribution < 1.29 is 14.3 Å². The van der Waals surface area contributed by atoms with E-state index in [9.17, 15) is 9.59 Å². The van der Waals surface area contributed by atoms with Crippen LogP contribution < -0.4 is 0 Å². The van der Waals surface area contributed by atoms with Gasteiger partial charge in [-0.25, -0.2) is 4.79 Å². The number of ether oxygens (including phenoxy) is 1. The molecule has 0 aliphatic carbocycles. The van der Waals surface area contributed by atoms with Gasteiger partial charge in [-0.05, 0) is 25.6 Å². The molecule has 1 fully saturated rings. The lowest BCUT2D eigenvalue weighted by molar-refractivity contribution is -0.129. The summed E-state index contributed by atoms with van der Waals surface area (Å²) in [7, 11) is 1.86. The van der Waals surface area contributed by atoms with Crippen LogP contribution in [0.1, 0.15) is 28.8 Å². The predicted molar refractivity (Wildman–Crippen MR) is 67.3 cm³/mol. The van der Waals surface area contributed by atoms with Crippen LogP contribution in [0.25, 0.3) is 0 Å². The monoisotopic (exact) mass is 247 g/mol. The molecule has 1 aliphatic heterocycles. The molecule has 1 saturated heterocycles.